The van der Waals surface area contributed by atoms with Gasteiger partial charge in [-0.2, -0.15) is 18.2 Å². The number of nitrogens with one attached hydrogen (secondary N) is 1. The molecule has 0 amide bonds. The number of furan rings is 1. The molecule has 160 valence electrons. The number of nitrogens with zero attached hydrogens (tertiary/aromatic N) is 3. The molecule has 0 spiro atoms. The maximum atomic E-state index is 10.6. The third-order valence-electron chi connectivity index (χ3n) is 5.09. The maximum Gasteiger partial charge on any atom is 0.490 e. The zero-order valence-electron chi connectivity index (χ0n) is 15.7. The minimum atomic E-state index is -5.08. The Labute approximate surface area is 167 Å². The summed E-state index contributed by atoms with van der Waals surface area (Å²) in [5.41, 5.74) is 8.13. The number of piperazine rings is 1. The third kappa shape index (κ3) is 3.43. The van der Waals surface area contributed by atoms with E-state index in [2.05, 4.69) is 20.2 Å². The monoisotopic (exact) mass is 425 g/mol. The molecule has 3 aromatic rings. The first-order valence-electron chi connectivity index (χ1n) is 9.02. The van der Waals surface area contributed by atoms with Crippen LogP contribution in [-0.2, 0) is 4.79 Å². The molecule has 0 radical (unpaired) electrons. The van der Waals surface area contributed by atoms with Gasteiger partial charge in [-0.25, -0.2) is 9.78 Å². The van der Waals surface area contributed by atoms with Gasteiger partial charge in [-0.05, 0) is 18.6 Å². The number of ether oxygens (including phenoxy) is 1. The average Bonchev–Trinajstić information content (AvgIpc) is 3.40. The van der Waals surface area contributed by atoms with Crippen LogP contribution in [0.25, 0.3) is 22.1 Å². The van der Waals surface area contributed by atoms with E-state index in [-0.39, 0.29) is 5.95 Å². The number of carboxylic acids is 1. The molecule has 0 aliphatic carbocycles. The maximum absolute atomic E-state index is 10.6. The van der Waals surface area contributed by atoms with Crippen molar-refractivity contribution in [1.29, 1.82) is 0 Å². The van der Waals surface area contributed by atoms with Crippen LogP contribution in [0.5, 0.6) is 5.75 Å². The third-order valence-corrected chi connectivity index (χ3v) is 5.09. The van der Waals surface area contributed by atoms with Gasteiger partial charge >= 0.3 is 12.1 Å². The first kappa shape index (κ1) is 20.0. The van der Waals surface area contributed by atoms with Crippen LogP contribution in [0.1, 0.15) is 6.42 Å². The number of methoxy groups -OCH3 is 1. The quantitative estimate of drug-likeness (QED) is 0.566. The summed E-state index contributed by atoms with van der Waals surface area (Å²) < 4.78 is 43.3. The molecular formula is C18H18F3N5O4. The summed E-state index contributed by atoms with van der Waals surface area (Å²) in [5.74, 6) is -0.973. The lowest BCUT2D eigenvalue weighted by atomic mass is 10.2. The second-order valence-electron chi connectivity index (χ2n) is 6.97. The number of aliphatic carboxylic acids is 1. The number of carbonyl (C=O) groups is 1. The molecule has 2 aliphatic rings. The van der Waals surface area contributed by atoms with E-state index in [9.17, 15) is 13.2 Å². The van der Waals surface area contributed by atoms with E-state index in [1.165, 1.54) is 0 Å². The van der Waals surface area contributed by atoms with Gasteiger partial charge in [0.05, 0.1) is 12.5 Å². The van der Waals surface area contributed by atoms with E-state index in [4.69, 9.17) is 24.8 Å². The van der Waals surface area contributed by atoms with Crippen LogP contribution in [0.4, 0.5) is 24.9 Å². The normalized spacial score (nSPS) is 20.5. The fourth-order valence-corrected chi connectivity index (χ4v) is 3.84. The molecular weight excluding hydrogens is 407 g/mol. The molecule has 0 unspecified atom stereocenters. The van der Waals surface area contributed by atoms with Crippen LogP contribution in [0, 0.1) is 0 Å². The topological polar surface area (TPSA) is 127 Å². The van der Waals surface area contributed by atoms with Gasteiger partial charge in [-0.15, -0.1) is 0 Å². The molecule has 12 heteroatoms. The molecule has 2 bridgehead atoms. The molecule has 2 fully saturated rings. The van der Waals surface area contributed by atoms with Crippen molar-refractivity contribution in [3.63, 3.8) is 0 Å². The second-order valence-corrected chi connectivity index (χ2v) is 6.97. The highest BCUT2D eigenvalue weighted by Crippen LogP contribution is 2.40. The van der Waals surface area contributed by atoms with Gasteiger partial charge in [-0.3, -0.25) is 0 Å². The van der Waals surface area contributed by atoms with Gasteiger partial charge in [0, 0.05) is 25.2 Å². The van der Waals surface area contributed by atoms with Gasteiger partial charge in [-0.1, -0.05) is 6.07 Å². The van der Waals surface area contributed by atoms with Crippen molar-refractivity contribution >= 4 is 39.8 Å². The summed E-state index contributed by atoms with van der Waals surface area (Å²) in [6.07, 6.45) is -3.95. The Morgan fingerprint density at radius 3 is 2.70 bits per heavy atom. The van der Waals surface area contributed by atoms with Crippen LogP contribution in [-0.4, -0.2) is 59.5 Å². The van der Waals surface area contributed by atoms with E-state index >= 15 is 0 Å². The Kier molecular flexibility index (Phi) is 4.80. The van der Waals surface area contributed by atoms with Crippen molar-refractivity contribution in [2.24, 2.45) is 0 Å². The lowest BCUT2D eigenvalue weighted by Gasteiger charge is -2.28. The van der Waals surface area contributed by atoms with Crippen LogP contribution in [0.2, 0.25) is 0 Å². The molecule has 2 aromatic heterocycles. The molecule has 2 aliphatic heterocycles. The van der Waals surface area contributed by atoms with E-state index in [1.807, 2.05) is 18.2 Å². The van der Waals surface area contributed by atoms with Gasteiger partial charge in [0.15, 0.2) is 11.4 Å². The van der Waals surface area contributed by atoms with Crippen molar-refractivity contribution in [2.75, 3.05) is 30.8 Å². The van der Waals surface area contributed by atoms with Crippen LogP contribution >= 0.6 is 0 Å². The smallest absolute Gasteiger partial charge is 0.490 e. The number of alkyl halides is 3. The van der Waals surface area contributed by atoms with Gasteiger partial charge in [0.25, 0.3) is 0 Å². The van der Waals surface area contributed by atoms with Crippen molar-refractivity contribution in [1.82, 2.24) is 15.3 Å². The van der Waals surface area contributed by atoms with E-state index in [0.29, 0.717) is 17.7 Å². The minimum absolute atomic E-state index is 0.261. The number of benzene rings is 1. The first-order valence-corrected chi connectivity index (χ1v) is 9.02. The summed E-state index contributed by atoms with van der Waals surface area (Å²) >= 11 is 0. The molecule has 5 rings (SSSR count). The number of rotatable bonds is 2. The number of nitrogens with two attached hydrogens (primary N) is 1. The molecule has 4 heterocycles. The number of carboxylic acid groups (broad SMARTS) is 1. The Hall–Kier alpha value is -3.28. The predicted molar refractivity (Wildman–Crippen MR) is 102 cm³/mol. The number of halogens is 3. The van der Waals surface area contributed by atoms with Crippen molar-refractivity contribution in [3.8, 4) is 5.75 Å². The average molecular weight is 425 g/mol. The molecule has 9 nitrogen and oxygen atoms in total. The molecule has 2 atom stereocenters. The highest BCUT2D eigenvalue weighted by molar-refractivity contribution is 6.09. The van der Waals surface area contributed by atoms with Gasteiger partial charge in [0.2, 0.25) is 5.95 Å². The fourth-order valence-electron chi connectivity index (χ4n) is 3.84. The molecule has 30 heavy (non-hydrogen) atoms. The lowest BCUT2D eigenvalue weighted by molar-refractivity contribution is -0.192. The number of hydrogen-bond donors (Lipinski definition) is 3. The summed E-state index contributed by atoms with van der Waals surface area (Å²) in [6, 6.07) is 6.67. The summed E-state index contributed by atoms with van der Waals surface area (Å²) in [7, 11) is 1.64. The number of hydrogen-bond acceptors (Lipinski definition) is 8. The van der Waals surface area contributed by atoms with Crippen molar-refractivity contribution in [3.05, 3.63) is 18.2 Å². The number of nitrogen functional groups attached to an aromatic ring is 1. The minimum Gasteiger partial charge on any atom is -0.496 e. The second kappa shape index (κ2) is 7.20. The van der Waals surface area contributed by atoms with E-state index in [1.54, 1.807) is 7.11 Å². The largest absolute Gasteiger partial charge is 0.496 e. The van der Waals surface area contributed by atoms with Crippen molar-refractivity contribution < 1.29 is 32.2 Å². The molecule has 0 saturated carbocycles. The van der Waals surface area contributed by atoms with E-state index < -0.39 is 12.1 Å². The zero-order valence-corrected chi connectivity index (χ0v) is 15.7. The predicted octanol–water partition coefficient (Wildman–Crippen LogP) is 2.15. The van der Waals surface area contributed by atoms with Crippen molar-refractivity contribution in [2.45, 2.75) is 24.7 Å². The highest BCUT2D eigenvalue weighted by Gasteiger charge is 2.40. The lowest BCUT2D eigenvalue weighted by Crippen LogP contribution is -2.44. The zero-order chi connectivity index (χ0) is 21.6. The summed E-state index contributed by atoms with van der Waals surface area (Å²) in [5, 5.41) is 11.5. The Balaban J connectivity index is 0.000000272. The number of fused-ring (bicyclic) bond motifs is 5. The number of aromatic nitrogens is 2. The van der Waals surface area contributed by atoms with Crippen LogP contribution < -0.4 is 20.7 Å². The standard InChI is InChI=1S/C16H17N5O2.C2HF3O2/c1-22-10-3-2-4-11-12(10)13-14(23-11)15(20-16(17)19-13)21-7-8-5-9(21)6-18-8;3-2(4,5)1(6)7/h2-4,8-9,18H,5-7H2,1H3,(H2,17,19,20);(H,6,7)/t8-,9-;/m0./s1. The SMILES string of the molecule is COc1cccc2oc3c(N4C[C@@H]5C[C@H]4CN5)nc(N)nc3c12.O=C(O)C(F)(F)F. The molecule has 2 saturated heterocycles. The summed E-state index contributed by atoms with van der Waals surface area (Å²) in [4.78, 5) is 20.1. The number of anilines is 2. The Morgan fingerprint density at radius 2 is 2.13 bits per heavy atom. The van der Waals surface area contributed by atoms with Gasteiger partial charge < -0.3 is 30.2 Å². The van der Waals surface area contributed by atoms with E-state index in [0.717, 1.165) is 47.6 Å². The Morgan fingerprint density at radius 1 is 1.40 bits per heavy atom. The first-order chi connectivity index (χ1) is 14.2. The van der Waals surface area contributed by atoms with Gasteiger partial charge in [0.1, 0.15) is 16.8 Å². The highest BCUT2D eigenvalue weighted by atomic mass is 19.4. The summed E-state index contributed by atoms with van der Waals surface area (Å²) in [6.45, 7) is 1.89. The van der Waals surface area contributed by atoms with Crippen LogP contribution in [0.15, 0.2) is 22.6 Å². The van der Waals surface area contributed by atoms with Crippen LogP contribution in [0.3, 0.4) is 0 Å². The molecule has 4 N–H and O–H groups in total. The Bertz CT molecular complexity index is 1120. The fraction of sp³-hybridized carbons (Fsp3) is 0.389. The molecule has 1 aromatic carbocycles.